The van der Waals surface area contributed by atoms with Crippen LogP contribution in [0.25, 0.3) is 0 Å². The molecule has 0 spiro atoms. The molecule has 5 heteroatoms. The van der Waals surface area contributed by atoms with Crippen molar-refractivity contribution in [3.63, 3.8) is 0 Å². The number of carbonyl (C=O) groups excluding carboxylic acids is 1. The van der Waals surface area contributed by atoms with Crippen LogP contribution in [0.1, 0.15) is 39.2 Å². The third-order valence-corrected chi connectivity index (χ3v) is 3.88. The molecule has 2 rings (SSSR count). The summed E-state index contributed by atoms with van der Waals surface area (Å²) in [6, 6.07) is 2.08. The average Bonchev–Trinajstić information content (AvgIpc) is 2.81. The Balaban J connectivity index is 2.13. The second-order valence-corrected chi connectivity index (χ2v) is 6.78. The van der Waals surface area contributed by atoms with Crippen LogP contribution in [0, 0.1) is 0 Å². The van der Waals surface area contributed by atoms with Gasteiger partial charge < -0.3 is 15.4 Å². The molecular weight excluding hydrogens is 260 g/mol. The summed E-state index contributed by atoms with van der Waals surface area (Å²) < 4.78 is 5.39. The van der Waals surface area contributed by atoms with Crippen LogP contribution in [0.15, 0.2) is 16.8 Å². The lowest BCUT2D eigenvalue weighted by Gasteiger charge is -2.38. The lowest BCUT2D eigenvalue weighted by atomic mass is 9.85. The van der Waals surface area contributed by atoms with Crippen molar-refractivity contribution in [2.24, 2.45) is 0 Å². The largest absolute Gasteiger partial charge is 0.444 e. The molecule has 1 fully saturated rings. The monoisotopic (exact) mass is 282 g/mol. The molecule has 0 radical (unpaired) electrons. The van der Waals surface area contributed by atoms with Gasteiger partial charge in [-0.1, -0.05) is 0 Å². The fourth-order valence-electron chi connectivity index (χ4n) is 2.37. The molecule has 1 aliphatic heterocycles. The number of ether oxygens (including phenoxy) is 1. The predicted octanol–water partition coefficient (Wildman–Crippen LogP) is 2.85. The van der Waals surface area contributed by atoms with Crippen molar-refractivity contribution >= 4 is 17.4 Å². The molecule has 4 nitrogen and oxygen atoms in total. The molecule has 0 bridgehead atoms. The normalized spacial score (nSPS) is 23.9. The minimum atomic E-state index is -0.470. The van der Waals surface area contributed by atoms with Crippen LogP contribution in [-0.4, -0.2) is 24.8 Å². The number of carbonyl (C=O) groups is 1. The molecule has 1 aromatic heterocycles. The lowest BCUT2D eigenvalue weighted by molar-refractivity contribution is 0.0431. The molecule has 0 aromatic carbocycles. The molecule has 1 aliphatic rings. The number of piperidine rings is 1. The first kappa shape index (κ1) is 14.3. The van der Waals surface area contributed by atoms with Crippen molar-refractivity contribution in [2.75, 3.05) is 13.1 Å². The zero-order valence-corrected chi connectivity index (χ0v) is 12.6. The first-order chi connectivity index (χ1) is 8.91. The summed E-state index contributed by atoms with van der Waals surface area (Å²) in [5, 5.41) is 10.6. The van der Waals surface area contributed by atoms with Crippen molar-refractivity contribution < 1.29 is 9.53 Å². The molecule has 19 heavy (non-hydrogen) atoms. The van der Waals surface area contributed by atoms with Crippen LogP contribution < -0.4 is 10.6 Å². The number of nitrogens with one attached hydrogen (secondary N) is 2. The number of alkyl carbamates (subject to hydrolysis) is 1. The maximum absolute atomic E-state index is 12.1. The van der Waals surface area contributed by atoms with Crippen molar-refractivity contribution in [2.45, 2.75) is 44.8 Å². The van der Waals surface area contributed by atoms with Crippen molar-refractivity contribution in [1.29, 1.82) is 0 Å². The van der Waals surface area contributed by atoms with E-state index < -0.39 is 5.60 Å². The van der Waals surface area contributed by atoms with Gasteiger partial charge in [0, 0.05) is 6.54 Å². The highest BCUT2D eigenvalue weighted by atomic mass is 32.1. The van der Waals surface area contributed by atoms with Crippen LogP contribution in [0.2, 0.25) is 0 Å². The van der Waals surface area contributed by atoms with E-state index in [0.717, 1.165) is 31.5 Å². The van der Waals surface area contributed by atoms with E-state index in [4.69, 9.17) is 4.74 Å². The van der Waals surface area contributed by atoms with Crippen LogP contribution in [-0.2, 0) is 10.3 Å². The second-order valence-electron chi connectivity index (χ2n) is 6.00. The molecule has 2 heterocycles. The number of hydrogen-bond donors (Lipinski definition) is 2. The van der Waals surface area contributed by atoms with Gasteiger partial charge in [-0.05, 0) is 62.5 Å². The standard InChI is InChI=1S/C14H22N2O2S/c1-13(2,3)18-12(17)16-14(6-4-7-15-10-14)11-5-8-19-9-11/h5,8-9,15H,4,6-7,10H2,1-3H3,(H,16,17). The number of hydrogen-bond acceptors (Lipinski definition) is 4. The summed E-state index contributed by atoms with van der Waals surface area (Å²) >= 11 is 1.65. The van der Waals surface area contributed by atoms with Gasteiger partial charge in [-0.25, -0.2) is 4.79 Å². The van der Waals surface area contributed by atoms with Crippen LogP contribution in [0.4, 0.5) is 4.79 Å². The molecule has 1 saturated heterocycles. The molecule has 0 aliphatic carbocycles. The van der Waals surface area contributed by atoms with Gasteiger partial charge >= 0.3 is 6.09 Å². The molecule has 106 valence electrons. The molecule has 1 amide bonds. The summed E-state index contributed by atoms with van der Waals surface area (Å²) in [4.78, 5) is 12.1. The maximum Gasteiger partial charge on any atom is 0.408 e. The number of thiophene rings is 1. The Kier molecular flexibility index (Phi) is 4.16. The second kappa shape index (κ2) is 5.51. The average molecular weight is 282 g/mol. The summed E-state index contributed by atoms with van der Waals surface area (Å²) in [5.74, 6) is 0. The minimum Gasteiger partial charge on any atom is -0.444 e. The fourth-order valence-corrected chi connectivity index (χ4v) is 3.12. The van der Waals surface area contributed by atoms with Gasteiger partial charge in [-0.3, -0.25) is 0 Å². The van der Waals surface area contributed by atoms with Crippen molar-refractivity contribution in [3.8, 4) is 0 Å². The smallest absolute Gasteiger partial charge is 0.408 e. The Morgan fingerprint density at radius 3 is 2.84 bits per heavy atom. The Morgan fingerprint density at radius 2 is 2.32 bits per heavy atom. The van der Waals surface area contributed by atoms with Gasteiger partial charge in [0.1, 0.15) is 5.60 Å². The van der Waals surface area contributed by atoms with Gasteiger partial charge in [-0.2, -0.15) is 11.3 Å². The van der Waals surface area contributed by atoms with E-state index in [-0.39, 0.29) is 11.6 Å². The first-order valence-electron chi connectivity index (χ1n) is 6.66. The van der Waals surface area contributed by atoms with Crippen molar-refractivity contribution in [3.05, 3.63) is 22.4 Å². The van der Waals surface area contributed by atoms with E-state index in [1.54, 1.807) is 11.3 Å². The summed E-state index contributed by atoms with van der Waals surface area (Å²) in [6.45, 7) is 7.39. The highest BCUT2D eigenvalue weighted by molar-refractivity contribution is 7.08. The Labute approximate surface area is 118 Å². The number of rotatable bonds is 2. The highest BCUT2D eigenvalue weighted by Gasteiger charge is 2.37. The van der Waals surface area contributed by atoms with E-state index in [0.29, 0.717) is 0 Å². The van der Waals surface area contributed by atoms with E-state index >= 15 is 0 Å². The SMILES string of the molecule is CC(C)(C)OC(=O)NC1(c2ccsc2)CCCNC1. The number of amides is 1. The van der Waals surface area contributed by atoms with Gasteiger partial charge in [0.25, 0.3) is 0 Å². The zero-order valence-electron chi connectivity index (χ0n) is 11.8. The highest BCUT2D eigenvalue weighted by Crippen LogP contribution is 2.30. The minimum absolute atomic E-state index is 0.333. The third kappa shape index (κ3) is 3.70. The van der Waals surface area contributed by atoms with Crippen molar-refractivity contribution in [1.82, 2.24) is 10.6 Å². The van der Waals surface area contributed by atoms with Gasteiger partial charge in [-0.15, -0.1) is 0 Å². The molecule has 1 aromatic rings. The van der Waals surface area contributed by atoms with Crippen LogP contribution in [0.5, 0.6) is 0 Å². The fraction of sp³-hybridized carbons (Fsp3) is 0.643. The molecule has 1 unspecified atom stereocenters. The zero-order chi connectivity index (χ0) is 13.9. The van der Waals surface area contributed by atoms with E-state index in [1.807, 2.05) is 26.2 Å². The first-order valence-corrected chi connectivity index (χ1v) is 7.60. The van der Waals surface area contributed by atoms with Crippen LogP contribution in [0.3, 0.4) is 0 Å². The Bertz CT molecular complexity index is 417. The van der Waals surface area contributed by atoms with Gasteiger partial charge in [0.05, 0.1) is 5.54 Å². The molecule has 1 atom stereocenters. The lowest BCUT2D eigenvalue weighted by Crippen LogP contribution is -2.55. The predicted molar refractivity (Wildman–Crippen MR) is 77.5 cm³/mol. The van der Waals surface area contributed by atoms with Crippen LogP contribution >= 0.6 is 11.3 Å². The third-order valence-electron chi connectivity index (χ3n) is 3.20. The molecule has 2 N–H and O–H groups in total. The Morgan fingerprint density at radius 1 is 1.53 bits per heavy atom. The Hall–Kier alpha value is -1.07. The summed E-state index contributed by atoms with van der Waals surface area (Å²) in [6.07, 6.45) is 1.64. The van der Waals surface area contributed by atoms with Gasteiger partial charge in [0.15, 0.2) is 0 Å². The topological polar surface area (TPSA) is 50.4 Å². The quantitative estimate of drug-likeness (QED) is 0.877. The van der Waals surface area contributed by atoms with E-state index in [9.17, 15) is 4.79 Å². The molecule has 0 saturated carbocycles. The summed E-state index contributed by atoms with van der Waals surface area (Å²) in [5.41, 5.74) is 0.360. The molecular formula is C14H22N2O2S. The van der Waals surface area contributed by atoms with E-state index in [2.05, 4.69) is 22.1 Å². The maximum atomic E-state index is 12.1. The van der Waals surface area contributed by atoms with Gasteiger partial charge in [0.2, 0.25) is 0 Å². The summed E-state index contributed by atoms with van der Waals surface area (Å²) in [7, 11) is 0. The van der Waals surface area contributed by atoms with E-state index in [1.165, 1.54) is 0 Å².